The van der Waals surface area contributed by atoms with Gasteiger partial charge in [0, 0.05) is 19.0 Å². The van der Waals surface area contributed by atoms with Crippen LogP contribution in [-0.2, 0) is 9.13 Å². The van der Waals surface area contributed by atoms with Crippen molar-refractivity contribution >= 4 is 15.2 Å². The van der Waals surface area contributed by atoms with Crippen molar-refractivity contribution in [1.82, 2.24) is 4.90 Å². The van der Waals surface area contributed by atoms with Gasteiger partial charge in [-0.15, -0.1) is 0 Å². The Hall–Kier alpha value is 0.220. The number of hydrogen-bond donors (Lipinski definition) is 5. The second kappa shape index (κ2) is 5.54. The summed E-state index contributed by atoms with van der Waals surface area (Å²) < 4.78 is 22.4. The van der Waals surface area contributed by atoms with E-state index >= 15 is 0 Å². The van der Waals surface area contributed by atoms with Crippen LogP contribution in [-0.4, -0.2) is 53.8 Å². The van der Waals surface area contributed by atoms with Crippen molar-refractivity contribution in [3.8, 4) is 0 Å². The molecule has 0 amide bonds. The minimum Gasteiger partial charge on any atom is -0.367 e. The Kier molecular flexibility index (Phi) is 5.04. The highest BCUT2D eigenvalue weighted by molar-refractivity contribution is 7.72. The topological polar surface area (TPSA) is 139 Å². The lowest BCUT2D eigenvalue weighted by Gasteiger charge is -2.32. The Labute approximate surface area is 111 Å². The maximum Gasteiger partial charge on any atom is 0.369 e. The van der Waals surface area contributed by atoms with Crippen LogP contribution in [0, 0.1) is 5.92 Å². The third-order valence-corrected chi connectivity index (χ3v) is 7.82. The summed E-state index contributed by atoms with van der Waals surface area (Å²) >= 11 is 0. The number of aliphatic hydroxyl groups is 1. The van der Waals surface area contributed by atoms with Crippen LogP contribution in [0.3, 0.4) is 0 Å². The summed E-state index contributed by atoms with van der Waals surface area (Å²) in [6.45, 7) is 4.67. The quantitative estimate of drug-likeness (QED) is 0.450. The maximum atomic E-state index is 11.2. The van der Waals surface area contributed by atoms with Crippen LogP contribution in [0.2, 0.25) is 0 Å². The molecule has 114 valence electrons. The zero-order valence-corrected chi connectivity index (χ0v) is 12.7. The fourth-order valence-electron chi connectivity index (χ4n) is 2.24. The van der Waals surface area contributed by atoms with Crippen molar-refractivity contribution in [2.24, 2.45) is 5.92 Å². The number of rotatable bonds is 5. The lowest BCUT2D eigenvalue weighted by Crippen LogP contribution is -2.37. The van der Waals surface area contributed by atoms with E-state index in [9.17, 15) is 14.2 Å². The molecule has 2 unspecified atom stereocenters. The van der Waals surface area contributed by atoms with Crippen LogP contribution in [0.1, 0.15) is 26.7 Å². The van der Waals surface area contributed by atoms with Crippen LogP contribution >= 0.6 is 15.2 Å². The molecule has 1 aliphatic heterocycles. The van der Waals surface area contributed by atoms with E-state index in [-0.39, 0.29) is 12.6 Å². The third-order valence-electron chi connectivity index (χ3n) is 3.94. The molecule has 0 aromatic heterocycles. The molecule has 1 aliphatic rings. The van der Waals surface area contributed by atoms with Crippen molar-refractivity contribution in [3.05, 3.63) is 0 Å². The van der Waals surface area contributed by atoms with Gasteiger partial charge in [0.1, 0.15) is 0 Å². The predicted molar refractivity (Wildman–Crippen MR) is 68.5 cm³/mol. The first-order chi connectivity index (χ1) is 8.40. The molecule has 1 saturated heterocycles. The van der Waals surface area contributed by atoms with Crippen LogP contribution in [0.4, 0.5) is 0 Å². The average molecular weight is 317 g/mol. The highest BCUT2D eigenvalue weighted by Crippen LogP contribution is 2.68. The highest BCUT2D eigenvalue weighted by Gasteiger charge is 2.59. The Morgan fingerprint density at radius 3 is 1.95 bits per heavy atom. The van der Waals surface area contributed by atoms with Gasteiger partial charge in [-0.25, -0.2) is 0 Å². The first kappa shape index (κ1) is 17.3. The van der Waals surface area contributed by atoms with Crippen molar-refractivity contribution in [1.29, 1.82) is 0 Å². The second-order valence-corrected chi connectivity index (χ2v) is 9.16. The fraction of sp³-hybridized carbons (Fsp3) is 1.00. The lowest BCUT2D eigenvalue weighted by molar-refractivity contribution is 0.105. The first-order valence-corrected chi connectivity index (χ1v) is 9.20. The molecule has 0 radical (unpaired) electrons. The zero-order chi connectivity index (χ0) is 15.1. The van der Waals surface area contributed by atoms with Gasteiger partial charge in [0.05, 0.1) is 0 Å². The van der Waals surface area contributed by atoms with E-state index in [1.165, 1.54) is 0 Å². The van der Waals surface area contributed by atoms with Crippen molar-refractivity contribution in [2.45, 2.75) is 37.8 Å². The summed E-state index contributed by atoms with van der Waals surface area (Å²) in [7, 11) is -10.7. The molecule has 1 fully saturated rings. The molecular weight excluding hydrogens is 296 g/mol. The number of hydrogen-bond acceptors (Lipinski definition) is 4. The van der Waals surface area contributed by atoms with E-state index in [1.54, 1.807) is 0 Å². The van der Waals surface area contributed by atoms with Gasteiger partial charge < -0.3 is 29.6 Å². The number of likely N-dealkylation sites (tertiary alicyclic amines) is 1. The summed E-state index contributed by atoms with van der Waals surface area (Å²) in [5.74, 6) is 0.401. The van der Waals surface area contributed by atoms with Crippen LogP contribution < -0.4 is 0 Å². The van der Waals surface area contributed by atoms with Gasteiger partial charge in [-0.1, -0.05) is 6.92 Å². The third kappa shape index (κ3) is 3.46. The molecular formula is C9H21NO7P2. The van der Waals surface area contributed by atoms with E-state index in [2.05, 4.69) is 0 Å². The standard InChI is InChI=1S/C9H21NO7P2/c1-7-3-5-10(8(7)2)6-4-9(11,18(12,13)14)19(15,16)17/h7-8,11H,3-6H2,1-2H3,(H2,12,13,14)(H2,15,16,17). The minimum atomic E-state index is -5.34. The molecule has 0 spiro atoms. The van der Waals surface area contributed by atoms with Crippen molar-refractivity contribution < 1.29 is 33.8 Å². The van der Waals surface area contributed by atoms with Gasteiger partial charge in [-0.2, -0.15) is 0 Å². The van der Waals surface area contributed by atoms with Gasteiger partial charge in [0.25, 0.3) is 5.08 Å². The maximum absolute atomic E-state index is 11.2. The molecule has 8 nitrogen and oxygen atoms in total. The van der Waals surface area contributed by atoms with Gasteiger partial charge >= 0.3 is 15.2 Å². The van der Waals surface area contributed by atoms with Crippen LogP contribution in [0.5, 0.6) is 0 Å². The smallest absolute Gasteiger partial charge is 0.367 e. The van der Waals surface area contributed by atoms with Crippen LogP contribution in [0.15, 0.2) is 0 Å². The second-order valence-electron chi connectivity index (χ2n) is 5.15. The molecule has 2 atom stereocenters. The van der Waals surface area contributed by atoms with Gasteiger partial charge in [-0.05, 0) is 25.8 Å². The first-order valence-electron chi connectivity index (χ1n) is 5.98. The predicted octanol–water partition coefficient (Wildman–Crippen LogP) is 0.108. The van der Waals surface area contributed by atoms with Gasteiger partial charge in [-0.3, -0.25) is 9.13 Å². The van der Waals surface area contributed by atoms with E-state index in [4.69, 9.17) is 19.6 Å². The average Bonchev–Trinajstić information content (AvgIpc) is 2.53. The van der Waals surface area contributed by atoms with Gasteiger partial charge in [0.15, 0.2) is 0 Å². The molecule has 1 heterocycles. The Balaban J connectivity index is 2.82. The molecule has 10 heteroatoms. The Bertz CT molecular complexity index is 395. The summed E-state index contributed by atoms with van der Waals surface area (Å²) in [4.78, 5) is 37.9. The van der Waals surface area contributed by atoms with Crippen molar-refractivity contribution in [2.75, 3.05) is 13.1 Å². The lowest BCUT2D eigenvalue weighted by atomic mass is 10.1. The highest BCUT2D eigenvalue weighted by atomic mass is 31.2. The normalized spacial score (nSPS) is 26.9. The van der Waals surface area contributed by atoms with E-state index in [1.807, 2.05) is 18.7 Å². The van der Waals surface area contributed by atoms with Crippen molar-refractivity contribution in [3.63, 3.8) is 0 Å². The summed E-state index contributed by atoms with van der Waals surface area (Å²) in [5.41, 5.74) is 0. The Morgan fingerprint density at radius 1 is 1.16 bits per heavy atom. The molecule has 0 saturated carbocycles. The number of nitrogens with zero attached hydrogens (tertiary/aromatic N) is 1. The monoisotopic (exact) mass is 317 g/mol. The molecule has 0 bridgehead atoms. The summed E-state index contributed by atoms with van der Waals surface area (Å²) in [5, 5.41) is 6.44. The SMILES string of the molecule is CC1CCN(CCC(O)(P(=O)(O)O)P(=O)(O)O)C1C. The zero-order valence-electron chi connectivity index (χ0n) is 10.9. The molecule has 0 aromatic rings. The molecule has 19 heavy (non-hydrogen) atoms. The summed E-state index contributed by atoms with van der Waals surface area (Å²) in [6, 6.07) is 0.151. The van der Waals surface area contributed by atoms with E-state index in [0.717, 1.165) is 6.42 Å². The largest absolute Gasteiger partial charge is 0.369 e. The molecule has 0 aromatic carbocycles. The summed E-state index contributed by atoms with van der Waals surface area (Å²) in [6.07, 6.45) is 0.240. The molecule has 5 N–H and O–H groups in total. The fourth-order valence-corrected chi connectivity index (χ4v) is 4.38. The van der Waals surface area contributed by atoms with E-state index in [0.29, 0.717) is 12.5 Å². The van der Waals surface area contributed by atoms with Crippen LogP contribution in [0.25, 0.3) is 0 Å². The molecule has 0 aliphatic carbocycles. The van der Waals surface area contributed by atoms with E-state index < -0.39 is 26.7 Å². The van der Waals surface area contributed by atoms with Gasteiger partial charge in [0.2, 0.25) is 0 Å². The molecule has 1 rings (SSSR count). The Morgan fingerprint density at radius 2 is 1.63 bits per heavy atom. The minimum absolute atomic E-state index is 0.0260.